The number of nitrogens with one attached hydrogen (secondary N) is 1. The highest BCUT2D eigenvalue weighted by molar-refractivity contribution is 5.84. The minimum absolute atomic E-state index is 0.00827. The van der Waals surface area contributed by atoms with E-state index >= 15 is 0 Å². The molecule has 0 aromatic carbocycles. The lowest BCUT2D eigenvalue weighted by atomic mass is 10.2. The normalized spacial score (nSPS) is 12.0. The summed E-state index contributed by atoms with van der Waals surface area (Å²) in [5, 5.41) is 12.0. The minimum atomic E-state index is -1.04. The maximum Gasteiger partial charge on any atom is 0.371 e. The predicted molar refractivity (Wildman–Crippen MR) is 64.8 cm³/mol. The van der Waals surface area contributed by atoms with Crippen molar-refractivity contribution < 1.29 is 14.3 Å². The molecule has 0 saturated heterocycles. The summed E-state index contributed by atoms with van der Waals surface area (Å²) in [7, 11) is 0. The largest absolute Gasteiger partial charge is 0.475 e. The predicted octanol–water partition coefficient (Wildman–Crippen LogP) is 2.43. The number of terminal acetylenes is 1. The molecule has 2 N–H and O–H groups in total. The first-order chi connectivity index (χ1) is 8.15. The molecule has 1 atom stereocenters. The van der Waals surface area contributed by atoms with Gasteiger partial charge in [0.2, 0.25) is 5.76 Å². The van der Waals surface area contributed by atoms with Crippen LogP contribution in [-0.4, -0.2) is 17.6 Å². The van der Waals surface area contributed by atoms with Crippen molar-refractivity contribution in [3.05, 3.63) is 23.7 Å². The van der Waals surface area contributed by atoms with Gasteiger partial charge in [-0.25, -0.2) is 4.79 Å². The van der Waals surface area contributed by atoms with E-state index in [4.69, 9.17) is 15.9 Å². The van der Waals surface area contributed by atoms with Crippen LogP contribution >= 0.6 is 0 Å². The lowest BCUT2D eigenvalue weighted by molar-refractivity contribution is 0.0659. The van der Waals surface area contributed by atoms with Crippen molar-refractivity contribution in [1.29, 1.82) is 0 Å². The van der Waals surface area contributed by atoms with Gasteiger partial charge in [0.05, 0.1) is 6.04 Å². The molecule has 0 aliphatic rings. The standard InChI is InChI=1S/C13H17NO3/c1-3-4-5-6-9-14-10(2)11-7-8-12(17-11)13(15)16/h1,7-8,10,14H,4-6,9H2,2H3,(H,15,16). The van der Waals surface area contributed by atoms with Gasteiger partial charge in [0.25, 0.3) is 0 Å². The van der Waals surface area contributed by atoms with Crippen molar-refractivity contribution in [3.8, 4) is 12.3 Å². The molecule has 4 nitrogen and oxygen atoms in total. The summed E-state index contributed by atoms with van der Waals surface area (Å²) < 4.78 is 5.19. The zero-order valence-corrected chi connectivity index (χ0v) is 9.90. The summed E-state index contributed by atoms with van der Waals surface area (Å²) in [6.45, 7) is 2.78. The first kappa shape index (κ1) is 13.3. The number of aromatic carboxylic acids is 1. The molecule has 1 unspecified atom stereocenters. The molecule has 92 valence electrons. The van der Waals surface area contributed by atoms with E-state index in [1.807, 2.05) is 6.92 Å². The Hall–Kier alpha value is -1.73. The number of furan rings is 1. The van der Waals surface area contributed by atoms with E-state index < -0.39 is 5.97 Å². The molecule has 0 spiro atoms. The Labute approximate surface area is 101 Å². The molecule has 0 radical (unpaired) electrons. The highest BCUT2D eigenvalue weighted by Crippen LogP contribution is 2.16. The van der Waals surface area contributed by atoms with Gasteiger partial charge < -0.3 is 14.8 Å². The Kier molecular flexibility index (Phi) is 5.31. The molecule has 1 heterocycles. The van der Waals surface area contributed by atoms with E-state index in [1.54, 1.807) is 6.07 Å². The smallest absolute Gasteiger partial charge is 0.371 e. The van der Waals surface area contributed by atoms with Crippen LogP contribution in [0, 0.1) is 12.3 Å². The molecule has 0 amide bonds. The highest BCUT2D eigenvalue weighted by atomic mass is 16.4. The summed E-state index contributed by atoms with van der Waals surface area (Å²) in [6.07, 6.45) is 7.94. The van der Waals surface area contributed by atoms with Gasteiger partial charge in [0, 0.05) is 6.42 Å². The van der Waals surface area contributed by atoms with Crippen molar-refractivity contribution in [2.75, 3.05) is 6.54 Å². The summed E-state index contributed by atoms with van der Waals surface area (Å²) in [4.78, 5) is 10.6. The van der Waals surface area contributed by atoms with E-state index in [0.717, 1.165) is 25.8 Å². The molecule has 0 bridgehead atoms. The lowest BCUT2D eigenvalue weighted by Crippen LogP contribution is -2.19. The van der Waals surface area contributed by atoms with Gasteiger partial charge >= 0.3 is 5.97 Å². The number of unbranched alkanes of at least 4 members (excludes halogenated alkanes) is 2. The fraction of sp³-hybridized carbons (Fsp3) is 0.462. The van der Waals surface area contributed by atoms with Gasteiger partial charge in [-0.15, -0.1) is 12.3 Å². The number of carboxylic acid groups (broad SMARTS) is 1. The third kappa shape index (κ3) is 4.33. The van der Waals surface area contributed by atoms with Gasteiger partial charge in [0.15, 0.2) is 0 Å². The summed E-state index contributed by atoms with van der Waals surface area (Å²) in [5.74, 6) is 2.16. The molecule has 0 fully saturated rings. The third-order valence-electron chi connectivity index (χ3n) is 2.46. The van der Waals surface area contributed by atoms with Gasteiger partial charge in [-0.1, -0.05) is 0 Å². The van der Waals surface area contributed by atoms with Crippen LogP contribution in [0.15, 0.2) is 16.5 Å². The maximum atomic E-state index is 10.6. The molecule has 1 aromatic rings. The molecule has 17 heavy (non-hydrogen) atoms. The monoisotopic (exact) mass is 235 g/mol. The van der Waals surface area contributed by atoms with Gasteiger partial charge in [0.1, 0.15) is 5.76 Å². The number of rotatable bonds is 7. The zero-order chi connectivity index (χ0) is 12.7. The van der Waals surface area contributed by atoms with Crippen LogP contribution < -0.4 is 5.32 Å². The number of hydrogen-bond donors (Lipinski definition) is 2. The summed E-state index contributed by atoms with van der Waals surface area (Å²) in [5.41, 5.74) is 0. The lowest BCUT2D eigenvalue weighted by Gasteiger charge is -2.10. The average Bonchev–Trinajstić information content (AvgIpc) is 2.78. The molecule has 0 aliphatic heterocycles. The van der Waals surface area contributed by atoms with Crippen molar-refractivity contribution in [2.24, 2.45) is 0 Å². The van der Waals surface area contributed by atoms with Crippen molar-refractivity contribution >= 4 is 5.97 Å². The van der Waals surface area contributed by atoms with Crippen molar-refractivity contribution in [2.45, 2.75) is 32.2 Å². The Morgan fingerprint density at radius 2 is 2.35 bits per heavy atom. The molecular weight excluding hydrogens is 218 g/mol. The van der Waals surface area contributed by atoms with E-state index in [-0.39, 0.29) is 11.8 Å². The fourth-order valence-corrected chi connectivity index (χ4v) is 1.47. The zero-order valence-electron chi connectivity index (χ0n) is 9.90. The van der Waals surface area contributed by atoms with Crippen LogP contribution in [0.3, 0.4) is 0 Å². The Balaban J connectivity index is 2.34. The molecule has 0 saturated carbocycles. The van der Waals surface area contributed by atoms with Gasteiger partial charge in [-0.3, -0.25) is 0 Å². The first-order valence-corrected chi connectivity index (χ1v) is 5.65. The van der Waals surface area contributed by atoms with Crippen LogP contribution in [-0.2, 0) is 0 Å². The molecule has 1 aromatic heterocycles. The second-order valence-electron chi connectivity index (χ2n) is 3.84. The SMILES string of the molecule is C#CCCCCNC(C)c1ccc(C(=O)O)o1. The number of carboxylic acids is 1. The van der Waals surface area contributed by atoms with Crippen molar-refractivity contribution in [3.63, 3.8) is 0 Å². The molecule has 4 heteroatoms. The first-order valence-electron chi connectivity index (χ1n) is 5.65. The molecular formula is C13H17NO3. The van der Waals surface area contributed by atoms with Crippen LogP contribution in [0.2, 0.25) is 0 Å². The van der Waals surface area contributed by atoms with E-state index in [9.17, 15) is 4.79 Å². The van der Waals surface area contributed by atoms with Crippen molar-refractivity contribution in [1.82, 2.24) is 5.32 Å². The van der Waals surface area contributed by atoms with Crippen LogP contribution in [0.5, 0.6) is 0 Å². The second kappa shape index (κ2) is 6.77. The molecule has 0 aliphatic carbocycles. The van der Waals surface area contributed by atoms with E-state index in [1.165, 1.54) is 6.07 Å². The van der Waals surface area contributed by atoms with Crippen LogP contribution in [0.25, 0.3) is 0 Å². The average molecular weight is 235 g/mol. The Morgan fingerprint density at radius 1 is 1.59 bits per heavy atom. The van der Waals surface area contributed by atoms with E-state index in [2.05, 4.69) is 11.2 Å². The minimum Gasteiger partial charge on any atom is -0.475 e. The van der Waals surface area contributed by atoms with Crippen LogP contribution in [0.4, 0.5) is 0 Å². The fourth-order valence-electron chi connectivity index (χ4n) is 1.47. The Bertz CT molecular complexity index is 403. The topological polar surface area (TPSA) is 62.5 Å². The highest BCUT2D eigenvalue weighted by Gasteiger charge is 2.13. The number of carbonyl (C=O) groups is 1. The Morgan fingerprint density at radius 3 is 2.94 bits per heavy atom. The van der Waals surface area contributed by atoms with Crippen LogP contribution in [0.1, 0.15) is 48.5 Å². The summed E-state index contributed by atoms with van der Waals surface area (Å²) in [6, 6.07) is 3.16. The van der Waals surface area contributed by atoms with Gasteiger partial charge in [-0.05, 0) is 38.4 Å². The summed E-state index contributed by atoms with van der Waals surface area (Å²) >= 11 is 0. The number of hydrogen-bond acceptors (Lipinski definition) is 3. The molecule has 1 rings (SSSR count). The second-order valence-corrected chi connectivity index (χ2v) is 3.84. The quantitative estimate of drug-likeness (QED) is 0.563. The maximum absolute atomic E-state index is 10.6. The van der Waals surface area contributed by atoms with E-state index in [0.29, 0.717) is 5.76 Å². The van der Waals surface area contributed by atoms with Gasteiger partial charge in [-0.2, -0.15) is 0 Å². The third-order valence-corrected chi connectivity index (χ3v) is 2.46.